The fourth-order valence-corrected chi connectivity index (χ4v) is 2.40. The molecule has 0 aliphatic carbocycles. The molecule has 0 atom stereocenters. The van der Waals surface area contributed by atoms with Crippen molar-refractivity contribution in [2.45, 2.75) is 19.8 Å². The number of rotatable bonds is 6. The van der Waals surface area contributed by atoms with Gasteiger partial charge in [0, 0.05) is 13.7 Å². The van der Waals surface area contributed by atoms with Crippen LogP contribution in [0.1, 0.15) is 16.7 Å². The van der Waals surface area contributed by atoms with Crippen molar-refractivity contribution < 1.29 is 9.84 Å². The summed E-state index contributed by atoms with van der Waals surface area (Å²) in [5.41, 5.74) is 6.25. The van der Waals surface area contributed by atoms with Crippen molar-refractivity contribution in [3.63, 3.8) is 0 Å². The molecule has 0 heterocycles. The highest BCUT2D eigenvalue weighted by molar-refractivity contribution is 5.68. The third-order valence-corrected chi connectivity index (χ3v) is 3.50. The van der Waals surface area contributed by atoms with E-state index in [2.05, 4.69) is 49.4 Å². The molecular weight excluding hydrogens is 248 g/mol. The largest absolute Gasteiger partial charge is 0.396 e. The smallest absolute Gasteiger partial charge is 0.0502 e. The van der Waals surface area contributed by atoms with Crippen molar-refractivity contribution in [2.24, 2.45) is 0 Å². The Morgan fingerprint density at radius 2 is 1.75 bits per heavy atom. The van der Waals surface area contributed by atoms with E-state index in [1.807, 2.05) is 0 Å². The summed E-state index contributed by atoms with van der Waals surface area (Å²) >= 11 is 0. The van der Waals surface area contributed by atoms with Gasteiger partial charge in [-0.2, -0.15) is 0 Å². The van der Waals surface area contributed by atoms with Crippen molar-refractivity contribution in [2.75, 3.05) is 20.3 Å². The lowest BCUT2D eigenvalue weighted by atomic mass is 9.95. The first kappa shape index (κ1) is 14.8. The monoisotopic (exact) mass is 270 g/mol. The summed E-state index contributed by atoms with van der Waals surface area (Å²) in [6, 6.07) is 15.0. The molecule has 0 spiro atoms. The Morgan fingerprint density at radius 3 is 2.40 bits per heavy atom. The lowest BCUT2D eigenvalue weighted by Crippen LogP contribution is -1.98. The SMILES string of the molecule is COCCc1cc(C)ccc1-c1ccc(CCO)cc1. The third kappa shape index (κ3) is 3.69. The van der Waals surface area contributed by atoms with Crippen LogP contribution in [0.25, 0.3) is 11.1 Å². The molecule has 0 aliphatic rings. The molecule has 2 heteroatoms. The molecule has 0 unspecified atom stereocenters. The number of hydrogen-bond donors (Lipinski definition) is 1. The Balaban J connectivity index is 2.30. The van der Waals surface area contributed by atoms with Gasteiger partial charge in [0.1, 0.15) is 0 Å². The van der Waals surface area contributed by atoms with Crippen LogP contribution in [0.5, 0.6) is 0 Å². The quantitative estimate of drug-likeness (QED) is 0.872. The van der Waals surface area contributed by atoms with Crippen molar-refractivity contribution >= 4 is 0 Å². The molecule has 2 aromatic carbocycles. The van der Waals surface area contributed by atoms with E-state index >= 15 is 0 Å². The number of ether oxygens (including phenoxy) is 1. The first-order valence-corrected chi connectivity index (χ1v) is 7.03. The summed E-state index contributed by atoms with van der Waals surface area (Å²) in [5, 5.41) is 8.96. The number of aliphatic hydroxyl groups excluding tert-OH is 1. The molecule has 0 saturated carbocycles. The average Bonchev–Trinajstić information content (AvgIpc) is 2.47. The van der Waals surface area contributed by atoms with E-state index < -0.39 is 0 Å². The Bertz CT molecular complexity index is 544. The molecule has 2 aromatic rings. The number of aryl methyl sites for hydroxylation is 1. The Morgan fingerprint density at radius 1 is 1.00 bits per heavy atom. The van der Waals surface area contributed by atoms with Gasteiger partial charge < -0.3 is 9.84 Å². The average molecular weight is 270 g/mol. The lowest BCUT2D eigenvalue weighted by molar-refractivity contribution is 0.202. The van der Waals surface area contributed by atoms with Crippen molar-refractivity contribution in [3.05, 3.63) is 59.2 Å². The van der Waals surface area contributed by atoms with E-state index in [4.69, 9.17) is 9.84 Å². The molecule has 20 heavy (non-hydrogen) atoms. The van der Waals surface area contributed by atoms with Crippen LogP contribution < -0.4 is 0 Å². The highest BCUT2D eigenvalue weighted by Gasteiger charge is 2.06. The van der Waals surface area contributed by atoms with E-state index in [-0.39, 0.29) is 6.61 Å². The maximum absolute atomic E-state index is 8.96. The molecule has 106 valence electrons. The minimum atomic E-state index is 0.197. The van der Waals surface area contributed by atoms with E-state index in [0.29, 0.717) is 6.42 Å². The number of benzene rings is 2. The molecule has 0 bridgehead atoms. The standard InChI is InChI=1S/C18H22O2/c1-14-3-8-18(17(13-14)10-12-20-2)16-6-4-15(5-7-16)9-11-19/h3-8,13,19H,9-12H2,1-2H3. The zero-order chi connectivity index (χ0) is 14.4. The first-order chi connectivity index (χ1) is 9.74. The van der Waals surface area contributed by atoms with Crippen LogP contribution in [0.3, 0.4) is 0 Å². The van der Waals surface area contributed by atoms with Gasteiger partial charge in [0.2, 0.25) is 0 Å². The molecule has 0 radical (unpaired) electrons. The molecule has 2 nitrogen and oxygen atoms in total. The highest BCUT2D eigenvalue weighted by Crippen LogP contribution is 2.25. The number of hydrogen-bond acceptors (Lipinski definition) is 2. The summed E-state index contributed by atoms with van der Waals surface area (Å²) < 4.78 is 5.20. The fourth-order valence-electron chi connectivity index (χ4n) is 2.40. The topological polar surface area (TPSA) is 29.5 Å². The molecule has 2 rings (SSSR count). The van der Waals surface area contributed by atoms with Gasteiger partial charge in [0.15, 0.2) is 0 Å². The summed E-state index contributed by atoms with van der Waals surface area (Å²) in [7, 11) is 1.74. The van der Waals surface area contributed by atoms with E-state index in [1.165, 1.54) is 27.8 Å². The summed E-state index contributed by atoms with van der Waals surface area (Å²) in [5.74, 6) is 0. The van der Waals surface area contributed by atoms with Crippen molar-refractivity contribution in [1.29, 1.82) is 0 Å². The Labute approximate surface area is 121 Å². The predicted molar refractivity (Wildman–Crippen MR) is 83.0 cm³/mol. The van der Waals surface area contributed by atoms with Gasteiger partial charge in [0.25, 0.3) is 0 Å². The van der Waals surface area contributed by atoms with Crippen molar-refractivity contribution in [3.8, 4) is 11.1 Å². The second-order valence-electron chi connectivity index (χ2n) is 5.07. The van der Waals surface area contributed by atoms with Gasteiger partial charge in [-0.3, -0.25) is 0 Å². The highest BCUT2D eigenvalue weighted by atomic mass is 16.5. The van der Waals surface area contributed by atoms with Crippen LogP contribution in [0.15, 0.2) is 42.5 Å². The minimum absolute atomic E-state index is 0.197. The van der Waals surface area contributed by atoms with Crippen LogP contribution in [-0.4, -0.2) is 25.4 Å². The van der Waals surface area contributed by atoms with Crippen LogP contribution >= 0.6 is 0 Å². The zero-order valence-corrected chi connectivity index (χ0v) is 12.2. The molecule has 0 aromatic heterocycles. The summed E-state index contributed by atoms with van der Waals surface area (Å²) in [6.45, 7) is 3.05. The van der Waals surface area contributed by atoms with Crippen LogP contribution in [0.4, 0.5) is 0 Å². The van der Waals surface area contributed by atoms with Gasteiger partial charge in [-0.15, -0.1) is 0 Å². The van der Waals surface area contributed by atoms with Gasteiger partial charge >= 0.3 is 0 Å². The van der Waals surface area contributed by atoms with Crippen molar-refractivity contribution in [1.82, 2.24) is 0 Å². The molecule has 0 amide bonds. The summed E-state index contributed by atoms with van der Waals surface area (Å²) in [4.78, 5) is 0. The Hall–Kier alpha value is -1.64. The fraction of sp³-hybridized carbons (Fsp3) is 0.333. The van der Waals surface area contributed by atoms with Gasteiger partial charge in [-0.1, -0.05) is 48.0 Å². The second-order valence-corrected chi connectivity index (χ2v) is 5.07. The molecule has 1 N–H and O–H groups in total. The van der Waals surface area contributed by atoms with Crippen LogP contribution in [0, 0.1) is 6.92 Å². The first-order valence-electron chi connectivity index (χ1n) is 7.03. The normalized spacial score (nSPS) is 10.8. The van der Waals surface area contributed by atoms with E-state index in [9.17, 15) is 0 Å². The lowest BCUT2D eigenvalue weighted by Gasteiger charge is -2.11. The Kier molecular flexibility index (Phi) is 5.33. The van der Waals surface area contributed by atoms with Gasteiger partial charge in [-0.05, 0) is 42.0 Å². The maximum Gasteiger partial charge on any atom is 0.0502 e. The second kappa shape index (κ2) is 7.22. The zero-order valence-electron chi connectivity index (χ0n) is 12.2. The van der Waals surface area contributed by atoms with E-state index in [1.54, 1.807) is 7.11 Å². The van der Waals surface area contributed by atoms with Gasteiger partial charge in [-0.25, -0.2) is 0 Å². The maximum atomic E-state index is 8.96. The van der Waals surface area contributed by atoms with Gasteiger partial charge in [0.05, 0.1) is 6.61 Å². The number of aliphatic hydroxyl groups is 1. The third-order valence-electron chi connectivity index (χ3n) is 3.50. The predicted octanol–water partition coefficient (Wildman–Crippen LogP) is 3.39. The molecule has 0 aliphatic heterocycles. The minimum Gasteiger partial charge on any atom is -0.396 e. The summed E-state index contributed by atoms with van der Waals surface area (Å²) in [6.07, 6.45) is 1.64. The molecule has 0 saturated heterocycles. The number of methoxy groups -OCH3 is 1. The van der Waals surface area contributed by atoms with E-state index in [0.717, 1.165) is 13.0 Å². The van der Waals surface area contributed by atoms with Crippen LogP contribution in [-0.2, 0) is 17.6 Å². The molecular formula is C18H22O2. The van der Waals surface area contributed by atoms with Crippen LogP contribution in [0.2, 0.25) is 0 Å². The molecule has 0 fully saturated rings.